The highest BCUT2D eigenvalue weighted by molar-refractivity contribution is 6.30. The third-order valence-corrected chi connectivity index (χ3v) is 9.41. The van der Waals surface area contributed by atoms with Crippen molar-refractivity contribution in [2.75, 3.05) is 66.8 Å². The molecule has 8 heteroatoms. The lowest BCUT2D eigenvalue weighted by Crippen LogP contribution is -2.52. The third kappa shape index (κ3) is 5.90. The van der Waals surface area contributed by atoms with Crippen LogP contribution < -0.4 is 20.0 Å². The van der Waals surface area contributed by atoms with Gasteiger partial charge in [-0.05, 0) is 66.3 Å². The summed E-state index contributed by atoms with van der Waals surface area (Å²) in [6, 6.07) is 22.1. The second-order valence-electron chi connectivity index (χ2n) is 13.3. The van der Waals surface area contributed by atoms with E-state index in [0.717, 1.165) is 64.1 Å². The van der Waals surface area contributed by atoms with Crippen LogP contribution in [0.1, 0.15) is 43.9 Å². The van der Waals surface area contributed by atoms with Gasteiger partial charge in [0.15, 0.2) is 5.78 Å². The Morgan fingerprint density at radius 3 is 2.36 bits per heavy atom. The van der Waals surface area contributed by atoms with Crippen molar-refractivity contribution in [1.29, 1.82) is 0 Å². The van der Waals surface area contributed by atoms with Gasteiger partial charge in [0, 0.05) is 74.4 Å². The average molecular weight is 612 g/mol. The van der Waals surface area contributed by atoms with E-state index in [9.17, 15) is 9.59 Å². The molecule has 3 aliphatic rings. The molecule has 1 aliphatic carbocycles. The standard InChI is InChI=1S/C36H42ClN5O2/c1-24-10-13-26(37)20-31(24)40-16-18-41(19-17-40)33(44)23-42-30-9-7-6-8-28(30)38-29-21-36(2,3)22-32(43)34(29)35(42)25-11-14-27(15-12-25)39(4)5/h6-15,20,35,38H,16-19,21-23H2,1-5H3. The zero-order valence-electron chi connectivity index (χ0n) is 26.4. The minimum atomic E-state index is -0.389. The smallest absolute Gasteiger partial charge is 0.242 e. The first-order chi connectivity index (χ1) is 21.0. The van der Waals surface area contributed by atoms with Crippen LogP contribution in [0.4, 0.5) is 22.7 Å². The molecule has 2 heterocycles. The number of ketones is 1. The van der Waals surface area contributed by atoms with E-state index in [2.05, 4.69) is 71.1 Å². The second-order valence-corrected chi connectivity index (χ2v) is 13.7. The summed E-state index contributed by atoms with van der Waals surface area (Å²) in [4.78, 5) is 36.6. The number of aryl methyl sites for hydroxylation is 1. The molecule has 0 radical (unpaired) electrons. The fourth-order valence-corrected chi connectivity index (χ4v) is 7.06. The van der Waals surface area contributed by atoms with Crippen molar-refractivity contribution in [3.05, 3.63) is 94.1 Å². The molecule has 1 atom stereocenters. The molecule has 1 fully saturated rings. The SMILES string of the molecule is Cc1ccc(Cl)cc1N1CCN(C(=O)CN2c3ccccc3NC3=C(C(=O)CC(C)(C)C3)C2c2ccc(N(C)C)cc2)CC1. The van der Waals surface area contributed by atoms with Gasteiger partial charge in [0.1, 0.15) is 0 Å². The van der Waals surface area contributed by atoms with E-state index in [-0.39, 0.29) is 29.7 Å². The fourth-order valence-electron chi connectivity index (χ4n) is 6.89. The highest BCUT2D eigenvalue weighted by Crippen LogP contribution is 2.48. The molecule has 0 bridgehead atoms. The lowest BCUT2D eigenvalue weighted by Gasteiger charge is -2.40. The van der Waals surface area contributed by atoms with Crippen molar-refractivity contribution in [3.8, 4) is 0 Å². The molecule has 0 saturated carbocycles. The molecule has 1 saturated heterocycles. The number of nitrogens with one attached hydrogen (secondary N) is 1. The maximum Gasteiger partial charge on any atom is 0.242 e. The first kappa shape index (κ1) is 30.1. The molecular weight excluding hydrogens is 570 g/mol. The van der Waals surface area contributed by atoms with Crippen molar-refractivity contribution in [2.24, 2.45) is 5.41 Å². The Morgan fingerprint density at radius 2 is 1.66 bits per heavy atom. The number of carbonyl (C=O) groups is 2. The van der Waals surface area contributed by atoms with Crippen LogP contribution in [-0.4, -0.2) is 63.4 Å². The number of piperazine rings is 1. The summed E-state index contributed by atoms with van der Waals surface area (Å²) >= 11 is 6.31. The van der Waals surface area contributed by atoms with Gasteiger partial charge >= 0.3 is 0 Å². The molecule has 3 aromatic rings. The number of para-hydroxylation sites is 2. The summed E-state index contributed by atoms with van der Waals surface area (Å²) in [5.41, 5.74) is 7.82. The highest BCUT2D eigenvalue weighted by Gasteiger charge is 2.42. The van der Waals surface area contributed by atoms with E-state index in [1.807, 2.05) is 55.4 Å². The van der Waals surface area contributed by atoms with Crippen LogP contribution in [0, 0.1) is 12.3 Å². The number of benzene rings is 3. The van der Waals surface area contributed by atoms with Gasteiger partial charge in [-0.2, -0.15) is 0 Å². The monoisotopic (exact) mass is 611 g/mol. The van der Waals surface area contributed by atoms with Gasteiger partial charge in [-0.1, -0.05) is 55.8 Å². The van der Waals surface area contributed by atoms with E-state index < -0.39 is 0 Å². The van der Waals surface area contributed by atoms with Crippen LogP contribution in [-0.2, 0) is 9.59 Å². The fraction of sp³-hybridized carbons (Fsp3) is 0.389. The normalized spacial score (nSPS) is 19.6. The molecule has 0 aromatic heterocycles. The molecule has 2 aliphatic heterocycles. The van der Waals surface area contributed by atoms with E-state index in [0.29, 0.717) is 19.5 Å². The van der Waals surface area contributed by atoms with Crippen molar-refractivity contribution >= 4 is 46.0 Å². The molecular formula is C36H42ClN5O2. The van der Waals surface area contributed by atoms with Crippen molar-refractivity contribution in [1.82, 2.24) is 4.90 Å². The number of fused-ring (bicyclic) bond motifs is 1. The van der Waals surface area contributed by atoms with Gasteiger partial charge in [-0.15, -0.1) is 0 Å². The van der Waals surface area contributed by atoms with Crippen LogP contribution in [0.3, 0.4) is 0 Å². The van der Waals surface area contributed by atoms with Crippen molar-refractivity contribution in [3.63, 3.8) is 0 Å². The summed E-state index contributed by atoms with van der Waals surface area (Å²) in [6.07, 6.45) is 1.24. The lowest BCUT2D eigenvalue weighted by atomic mass is 9.73. The van der Waals surface area contributed by atoms with E-state index in [4.69, 9.17) is 11.6 Å². The van der Waals surface area contributed by atoms with Crippen LogP contribution in [0.15, 0.2) is 78.0 Å². The van der Waals surface area contributed by atoms with Gasteiger partial charge in [-0.3, -0.25) is 9.59 Å². The Labute approximate surface area is 266 Å². The van der Waals surface area contributed by atoms with Gasteiger partial charge in [0.05, 0.1) is 24.0 Å². The summed E-state index contributed by atoms with van der Waals surface area (Å²) in [5, 5.41) is 4.38. The first-order valence-corrected chi connectivity index (χ1v) is 15.8. The number of anilines is 4. The Bertz CT molecular complexity index is 1600. The zero-order chi connectivity index (χ0) is 31.2. The number of allylic oxidation sites excluding steroid dienone is 1. The van der Waals surface area contributed by atoms with Crippen LogP contribution >= 0.6 is 11.6 Å². The maximum absolute atomic E-state index is 14.1. The largest absolute Gasteiger partial charge is 0.378 e. The predicted octanol–water partition coefficient (Wildman–Crippen LogP) is 6.68. The molecule has 1 N–H and O–H groups in total. The maximum atomic E-state index is 14.1. The van der Waals surface area contributed by atoms with Crippen molar-refractivity contribution < 1.29 is 9.59 Å². The third-order valence-electron chi connectivity index (χ3n) is 9.18. The molecule has 6 rings (SSSR count). The first-order valence-electron chi connectivity index (χ1n) is 15.5. The quantitative estimate of drug-likeness (QED) is 0.347. The summed E-state index contributed by atoms with van der Waals surface area (Å²) in [5.74, 6) is 0.200. The second kappa shape index (κ2) is 11.8. The molecule has 7 nitrogen and oxygen atoms in total. The Balaban J connectivity index is 1.35. The van der Waals surface area contributed by atoms with Crippen LogP contribution in [0.25, 0.3) is 0 Å². The number of rotatable bonds is 5. The molecule has 44 heavy (non-hydrogen) atoms. The van der Waals surface area contributed by atoms with E-state index >= 15 is 0 Å². The summed E-state index contributed by atoms with van der Waals surface area (Å²) < 4.78 is 0. The van der Waals surface area contributed by atoms with Gasteiger partial charge in [0.2, 0.25) is 5.91 Å². The lowest BCUT2D eigenvalue weighted by molar-refractivity contribution is -0.130. The number of carbonyl (C=O) groups excluding carboxylic acids is 2. The Hall–Kier alpha value is -3.97. The number of amides is 1. The molecule has 1 amide bonds. The van der Waals surface area contributed by atoms with Crippen molar-refractivity contribution in [2.45, 2.75) is 39.7 Å². The minimum Gasteiger partial charge on any atom is -0.378 e. The number of nitrogens with zero attached hydrogens (tertiary/aromatic N) is 4. The zero-order valence-corrected chi connectivity index (χ0v) is 27.1. The number of halogens is 1. The number of hydrogen-bond donors (Lipinski definition) is 1. The highest BCUT2D eigenvalue weighted by atomic mass is 35.5. The molecule has 0 spiro atoms. The minimum absolute atomic E-state index is 0.0600. The average Bonchev–Trinajstić information content (AvgIpc) is 3.12. The number of hydrogen-bond acceptors (Lipinski definition) is 6. The van der Waals surface area contributed by atoms with Gasteiger partial charge in [-0.25, -0.2) is 0 Å². The Kier molecular flexibility index (Phi) is 8.10. The topological polar surface area (TPSA) is 59.1 Å². The predicted molar refractivity (Wildman–Crippen MR) is 181 cm³/mol. The van der Waals surface area contributed by atoms with Crippen LogP contribution in [0.5, 0.6) is 0 Å². The van der Waals surface area contributed by atoms with E-state index in [1.165, 1.54) is 5.56 Å². The molecule has 230 valence electrons. The molecule has 1 unspecified atom stereocenters. The molecule has 3 aromatic carbocycles. The van der Waals surface area contributed by atoms with Gasteiger partial charge < -0.3 is 24.9 Å². The number of Topliss-reactive ketones (excluding diaryl/α,β-unsaturated/α-hetero) is 1. The van der Waals surface area contributed by atoms with Crippen LogP contribution in [0.2, 0.25) is 5.02 Å². The van der Waals surface area contributed by atoms with E-state index in [1.54, 1.807) is 0 Å². The summed E-state index contributed by atoms with van der Waals surface area (Å²) in [6.45, 7) is 9.30. The Morgan fingerprint density at radius 1 is 0.955 bits per heavy atom. The van der Waals surface area contributed by atoms with Gasteiger partial charge in [0.25, 0.3) is 0 Å². The summed E-state index contributed by atoms with van der Waals surface area (Å²) in [7, 11) is 4.04.